The van der Waals surface area contributed by atoms with E-state index in [4.69, 9.17) is 0 Å². The van der Waals surface area contributed by atoms with E-state index < -0.39 is 24.2 Å². The Hall–Kier alpha value is -2.03. The van der Waals surface area contributed by atoms with Gasteiger partial charge >= 0.3 is 6.18 Å². The van der Waals surface area contributed by atoms with Gasteiger partial charge in [-0.25, -0.2) is 4.68 Å². The number of aromatic nitrogens is 2. The highest BCUT2D eigenvalue weighted by Crippen LogP contribution is 2.43. The number of rotatable bonds is 4. The van der Waals surface area contributed by atoms with E-state index in [0.717, 1.165) is 14.7 Å². The number of hydrogen-bond donors (Lipinski definition) is 2. The molecule has 3 atom stereocenters. The SMILES string of the molecule is CC[C@@H](C)NC(=O)c1cc2n(n1)[C@@H](C(F)(F)F)C[C@H](c1ccc(Br)cc1)N2. The fraction of sp³-hybridized carbons (Fsp3) is 0.444. The van der Waals surface area contributed by atoms with Crippen LogP contribution < -0.4 is 10.6 Å². The molecular weight excluding hydrogens is 425 g/mol. The first kappa shape index (κ1) is 19.7. The average Bonchev–Trinajstić information content (AvgIpc) is 3.04. The highest BCUT2D eigenvalue weighted by Gasteiger charge is 2.46. The van der Waals surface area contributed by atoms with Crippen molar-refractivity contribution in [1.82, 2.24) is 15.1 Å². The molecule has 2 N–H and O–H groups in total. The molecule has 0 unspecified atom stereocenters. The summed E-state index contributed by atoms with van der Waals surface area (Å²) in [5.74, 6) is -0.292. The van der Waals surface area contributed by atoms with E-state index in [2.05, 4.69) is 31.7 Å². The van der Waals surface area contributed by atoms with E-state index in [1.165, 1.54) is 6.07 Å². The van der Waals surface area contributed by atoms with Crippen LogP contribution in [0.15, 0.2) is 34.8 Å². The number of nitrogens with zero attached hydrogens (tertiary/aromatic N) is 2. The number of halogens is 4. The summed E-state index contributed by atoms with van der Waals surface area (Å²) in [6, 6.07) is 6.09. The summed E-state index contributed by atoms with van der Waals surface area (Å²) in [6.45, 7) is 3.74. The molecule has 5 nitrogen and oxygen atoms in total. The number of carbonyl (C=O) groups is 1. The van der Waals surface area contributed by atoms with Gasteiger partial charge in [-0.05, 0) is 31.0 Å². The lowest BCUT2D eigenvalue weighted by Crippen LogP contribution is -2.36. The fourth-order valence-electron chi connectivity index (χ4n) is 3.00. The third kappa shape index (κ3) is 4.28. The summed E-state index contributed by atoms with van der Waals surface area (Å²) in [6.07, 6.45) is -3.96. The minimum Gasteiger partial charge on any atom is -0.363 e. The van der Waals surface area contributed by atoms with E-state index in [9.17, 15) is 18.0 Å². The van der Waals surface area contributed by atoms with Crippen molar-refractivity contribution in [2.45, 2.75) is 51.0 Å². The third-order valence-corrected chi connectivity index (χ3v) is 5.21. The summed E-state index contributed by atoms with van der Waals surface area (Å²) in [5.41, 5.74) is 0.717. The van der Waals surface area contributed by atoms with Crippen LogP contribution in [0.3, 0.4) is 0 Å². The molecule has 1 aliphatic rings. The third-order valence-electron chi connectivity index (χ3n) is 4.68. The number of benzene rings is 1. The van der Waals surface area contributed by atoms with Crippen LogP contribution in [0, 0.1) is 0 Å². The number of nitrogens with one attached hydrogen (secondary N) is 2. The lowest BCUT2D eigenvalue weighted by Gasteiger charge is -2.33. The van der Waals surface area contributed by atoms with Crippen molar-refractivity contribution >= 4 is 27.7 Å². The number of amides is 1. The molecule has 3 rings (SSSR count). The normalized spacial score (nSPS) is 20.5. The van der Waals surface area contributed by atoms with Gasteiger partial charge in [-0.15, -0.1) is 0 Å². The zero-order valence-electron chi connectivity index (χ0n) is 14.8. The maximum absolute atomic E-state index is 13.7. The molecule has 2 heterocycles. The summed E-state index contributed by atoms with van der Waals surface area (Å²) in [7, 11) is 0. The minimum absolute atomic E-state index is 0.0245. The smallest absolute Gasteiger partial charge is 0.363 e. The van der Waals surface area contributed by atoms with Crippen LogP contribution in [-0.2, 0) is 0 Å². The largest absolute Gasteiger partial charge is 0.410 e. The average molecular weight is 445 g/mol. The first-order chi connectivity index (χ1) is 12.7. The molecular formula is C18H20BrF3N4O. The number of alkyl halides is 3. The molecule has 1 aromatic carbocycles. The molecule has 2 aromatic rings. The van der Waals surface area contributed by atoms with Gasteiger partial charge in [-0.2, -0.15) is 18.3 Å². The molecule has 0 saturated heterocycles. The maximum atomic E-state index is 13.7. The molecule has 0 fully saturated rings. The molecule has 146 valence electrons. The van der Waals surface area contributed by atoms with Crippen LogP contribution >= 0.6 is 15.9 Å². The second kappa shape index (κ2) is 7.53. The minimum atomic E-state index is -4.47. The fourth-order valence-corrected chi connectivity index (χ4v) is 3.26. The molecule has 0 aliphatic carbocycles. The van der Waals surface area contributed by atoms with Gasteiger partial charge in [0.05, 0.1) is 6.04 Å². The lowest BCUT2D eigenvalue weighted by atomic mass is 9.97. The molecule has 9 heteroatoms. The Morgan fingerprint density at radius 1 is 1.41 bits per heavy atom. The number of anilines is 1. The molecule has 0 radical (unpaired) electrons. The van der Waals surface area contributed by atoms with Gasteiger partial charge in [0.1, 0.15) is 5.82 Å². The molecule has 1 aromatic heterocycles. The number of fused-ring (bicyclic) bond motifs is 1. The van der Waals surface area contributed by atoms with Gasteiger partial charge in [0, 0.05) is 23.0 Å². The Morgan fingerprint density at radius 2 is 2.07 bits per heavy atom. The lowest BCUT2D eigenvalue weighted by molar-refractivity contribution is -0.173. The van der Waals surface area contributed by atoms with Crippen LogP contribution in [0.25, 0.3) is 0 Å². The molecule has 0 bridgehead atoms. The van der Waals surface area contributed by atoms with Gasteiger partial charge in [-0.1, -0.05) is 35.0 Å². The van der Waals surface area contributed by atoms with Crippen molar-refractivity contribution in [3.8, 4) is 0 Å². The van der Waals surface area contributed by atoms with Crippen molar-refractivity contribution in [2.75, 3.05) is 5.32 Å². The molecule has 0 saturated carbocycles. The standard InChI is InChI=1S/C18H20BrF3N4O/c1-3-10(2)23-17(27)14-9-16-24-13(11-4-6-12(19)7-5-11)8-15(18(20,21)22)26(16)25-14/h4-7,9-10,13,15,24H,3,8H2,1-2H3,(H,23,27)/t10-,13-,15-/m1/s1. The van der Waals surface area contributed by atoms with Crippen molar-refractivity contribution in [3.63, 3.8) is 0 Å². The zero-order chi connectivity index (χ0) is 19.8. The monoisotopic (exact) mass is 444 g/mol. The highest BCUT2D eigenvalue weighted by atomic mass is 79.9. The molecule has 1 aliphatic heterocycles. The van der Waals surface area contributed by atoms with E-state index in [-0.39, 0.29) is 24.0 Å². The van der Waals surface area contributed by atoms with Crippen molar-refractivity contribution in [2.24, 2.45) is 0 Å². The Labute approximate surface area is 163 Å². The Kier molecular flexibility index (Phi) is 5.50. The summed E-state index contributed by atoms with van der Waals surface area (Å²) < 4.78 is 42.7. The van der Waals surface area contributed by atoms with E-state index in [1.54, 1.807) is 24.3 Å². The van der Waals surface area contributed by atoms with Crippen LogP contribution in [0.5, 0.6) is 0 Å². The zero-order valence-corrected chi connectivity index (χ0v) is 16.4. The van der Waals surface area contributed by atoms with Crippen molar-refractivity contribution in [1.29, 1.82) is 0 Å². The topological polar surface area (TPSA) is 59.0 Å². The van der Waals surface area contributed by atoms with Gasteiger partial charge in [-0.3, -0.25) is 4.79 Å². The second-order valence-electron chi connectivity index (χ2n) is 6.68. The van der Waals surface area contributed by atoms with Crippen molar-refractivity contribution < 1.29 is 18.0 Å². The Bertz CT molecular complexity index is 819. The summed E-state index contributed by atoms with van der Waals surface area (Å²) in [4.78, 5) is 12.3. The predicted molar refractivity (Wildman–Crippen MR) is 99.7 cm³/mol. The summed E-state index contributed by atoms with van der Waals surface area (Å²) in [5, 5.41) is 9.75. The van der Waals surface area contributed by atoms with Crippen LogP contribution in [-0.4, -0.2) is 27.9 Å². The number of carbonyl (C=O) groups excluding carboxylic acids is 1. The van der Waals surface area contributed by atoms with E-state index in [1.807, 2.05) is 13.8 Å². The van der Waals surface area contributed by atoms with Gasteiger partial charge < -0.3 is 10.6 Å². The quantitative estimate of drug-likeness (QED) is 0.709. The van der Waals surface area contributed by atoms with E-state index >= 15 is 0 Å². The first-order valence-electron chi connectivity index (χ1n) is 8.68. The predicted octanol–water partition coefficient (Wildman–Crippen LogP) is 4.83. The van der Waals surface area contributed by atoms with Crippen LogP contribution in [0.1, 0.15) is 54.8 Å². The van der Waals surface area contributed by atoms with Gasteiger partial charge in [0.15, 0.2) is 11.7 Å². The first-order valence-corrected chi connectivity index (χ1v) is 9.47. The van der Waals surface area contributed by atoms with Gasteiger partial charge in [0.25, 0.3) is 5.91 Å². The summed E-state index contributed by atoms with van der Waals surface area (Å²) >= 11 is 3.32. The molecule has 1 amide bonds. The maximum Gasteiger partial charge on any atom is 0.410 e. The second-order valence-corrected chi connectivity index (χ2v) is 7.60. The molecule has 0 spiro atoms. The molecule has 27 heavy (non-hydrogen) atoms. The van der Waals surface area contributed by atoms with Crippen molar-refractivity contribution in [3.05, 3.63) is 46.1 Å². The highest BCUT2D eigenvalue weighted by molar-refractivity contribution is 9.10. The van der Waals surface area contributed by atoms with Crippen LogP contribution in [0.2, 0.25) is 0 Å². The number of hydrogen-bond acceptors (Lipinski definition) is 3. The Morgan fingerprint density at radius 3 is 2.67 bits per heavy atom. The van der Waals surface area contributed by atoms with E-state index in [0.29, 0.717) is 6.42 Å². The van der Waals surface area contributed by atoms with Gasteiger partial charge in [0.2, 0.25) is 0 Å². The van der Waals surface area contributed by atoms with Crippen LogP contribution in [0.4, 0.5) is 19.0 Å². The Balaban J connectivity index is 1.93.